The van der Waals surface area contributed by atoms with Gasteiger partial charge >= 0.3 is 0 Å². The second-order valence-corrected chi connectivity index (χ2v) is 4.03. The summed E-state index contributed by atoms with van der Waals surface area (Å²) in [6, 6.07) is 0. The molecular formula is C8H9BrO2. The molecule has 11 heavy (non-hydrogen) atoms. The molecule has 0 N–H and O–H groups in total. The van der Waals surface area contributed by atoms with Gasteiger partial charge in [0.25, 0.3) is 0 Å². The van der Waals surface area contributed by atoms with Gasteiger partial charge < -0.3 is 4.74 Å². The van der Waals surface area contributed by atoms with E-state index >= 15 is 0 Å². The van der Waals surface area contributed by atoms with Gasteiger partial charge in [-0.25, -0.2) is 0 Å². The molecule has 2 heterocycles. The number of rotatable bonds is 0. The molecule has 0 amide bonds. The number of fused-ring (bicyclic) bond motifs is 2. The molecular weight excluding hydrogens is 208 g/mol. The molecule has 2 aliphatic rings. The lowest BCUT2D eigenvalue weighted by Gasteiger charge is -2.29. The maximum absolute atomic E-state index is 11.4. The van der Waals surface area contributed by atoms with Crippen LogP contribution in [0.4, 0.5) is 0 Å². The van der Waals surface area contributed by atoms with E-state index in [0.29, 0.717) is 0 Å². The molecule has 0 aromatic heterocycles. The highest BCUT2D eigenvalue weighted by atomic mass is 79.9. The summed E-state index contributed by atoms with van der Waals surface area (Å²) in [7, 11) is 0. The Morgan fingerprint density at radius 2 is 2.09 bits per heavy atom. The molecule has 0 radical (unpaired) electrons. The van der Waals surface area contributed by atoms with Gasteiger partial charge in [-0.2, -0.15) is 0 Å². The fourth-order valence-electron chi connectivity index (χ4n) is 1.52. The second-order valence-electron chi connectivity index (χ2n) is 3.04. The minimum absolute atomic E-state index is 0.00868. The molecule has 0 aliphatic carbocycles. The average molecular weight is 217 g/mol. The smallest absolute Gasteiger partial charge is 0.155 e. The van der Waals surface area contributed by atoms with Crippen LogP contribution in [0.5, 0.6) is 0 Å². The Bertz CT molecular complexity index is 204. The first-order valence-electron chi connectivity index (χ1n) is 3.72. The van der Waals surface area contributed by atoms with E-state index in [0.717, 1.165) is 0 Å². The average Bonchev–Trinajstić information content (AvgIpc) is 2.44. The molecule has 60 valence electrons. The maximum atomic E-state index is 11.4. The maximum Gasteiger partial charge on any atom is 0.155 e. The van der Waals surface area contributed by atoms with Gasteiger partial charge in [0.15, 0.2) is 5.78 Å². The predicted molar refractivity (Wildman–Crippen MR) is 44.7 cm³/mol. The lowest BCUT2D eigenvalue weighted by atomic mass is 9.96. The monoisotopic (exact) mass is 216 g/mol. The third kappa shape index (κ3) is 0.983. The molecule has 2 rings (SSSR count). The standard InChI is InChI=1S/C8H9BrO2/c1-4-5-2-3-6(11-5)7(9)8(4)10/h2-7H,1H3/t4-,5+,6-,7+/m0/s1. The van der Waals surface area contributed by atoms with E-state index < -0.39 is 0 Å². The second kappa shape index (κ2) is 2.42. The first-order valence-corrected chi connectivity index (χ1v) is 4.63. The number of ketones is 1. The fraction of sp³-hybridized carbons (Fsp3) is 0.625. The molecule has 4 atom stereocenters. The molecule has 2 aliphatic heterocycles. The van der Waals surface area contributed by atoms with Crippen molar-refractivity contribution in [3.05, 3.63) is 12.2 Å². The minimum atomic E-state index is -0.132. The van der Waals surface area contributed by atoms with E-state index in [1.54, 1.807) is 0 Å². The van der Waals surface area contributed by atoms with Crippen molar-refractivity contribution < 1.29 is 9.53 Å². The van der Waals surface area contributed by atoms with Gasteiger partial charge in [-0.3, -0.25) is 4.79 Å². The third-order valence-electron chi connectivity index (χ3n) is 2.31. The number of carbonyl (C=O) groups is 1. The highest BCUT2D eigenvalue weighted by Crippen LogP contribution is 2.32. The number of halogens is 1. The molecule has 0 saturated carbocycles. The van der Waals surface area contributed by atoms with Gasteiger partial charge in [0.2, 0.25) is 0 Å². The summed E-state index contributed by atoms with van der Waals surface area (Å²) >= 11 is 3.32. The quantitative estimate of drug-likeness (QED) is 0.451. The van der Waals surface area contributed by atoms with Crippen LogP contribution in [-0.2, 0) is 9.53 Å². The molecule has 2 nitrogen and oxygen atoms in total. The molecule has 3 heteroatoms. The van der Waals surface area contributed by atoms with E-state index in [1.807, 2.05) is 19.1 Å². The van der Waals surface area contributed by atoms with Crippen LogP contribution in [-0.4, -0.2) is 22.8 Å². The third-order valence-corrected chi connectivity index (χ3v) is 3.28. The molecule has 1 fully saturated rings. The Balaban J connectivity index is 2.29. The number of hydrogen-bond acceptors (Lipinski definition) is 2. The summed E-state index contributed by atoms with van der Waals surface area (Å²) in [5, 5.41) is 0. The van der Waals surface area contributed by atoms with Gasteiger partial charge in [0.1, 0.15) is 4.83 Å². The number of alkyl halides is 1. The van der Waals surface area contributed by atoms with E-state index in [-0.39, 0.29) is 28.7 Å². The topological polar surface area (TPSA) is 26.3 Å². The summed E-state index contributed by atoms with van der Waals surface area (Å²) < 4.78 is 5.51. The number of hydrogen-bond donors (Lipinski definition) is 0. The summed E-state index contributed by atoms with van der Waals surface area (Å²) in [5.41, 5.74) is 0. The summed E-state index contributed by atoms with van der Waals surface area (Å²) in [5.74, 6) is 0.269. The number of Topliss-reactive ketones (excluding diaryl/α,β-unsaturated/α-hetero) is 1. The highest BCUT2D eigenvalue weighted by molar-refractivity contribution is 9.10. The lowest BCUT2D eigenvalue weighted by molar-refractivity contribution is -0.133. The van der Waals surface area contributed by atoms with Crippen molar-refractivity contribution >= 4 is 21.7 Å². The Morgan fingerprint density at radius 1 is 1.45 bits per heavy atom. The van der Waals surface area contributed by atoms with Gasteiger partial charge in [-0.1, -0.05) is 35.0 Å². The Morgan fingerprint density at radius 3 is 2.82 bits per heavy atom. The van der Waals surface area contributed by atoms with Gasteiger partial charge in [0.05, 0.1) is 12.2 Å². The first-order chi connectivity index (χ1) is 5.20. The molecule has 2 bridgehead atoms. The van der Waals surface area contributed by atoms with Crippen molar-refractivity contribution in [1.82, 2.24) is 0 Å². The van der Waals surface area contributed by atoms with Crippen LogP contribution in [0.1, 0.15) is 6.92 Å². The van der Waals surface area contributed by atoms with Crippen LogP contribution < -0.4 is 0 Å². The SMILES string of the molecule is C[C@@H]1C(=O)[C@H](Br)[C@@H]2C=C[C@H]1O2. The van der Waals surface area contributed by atoms with Gasteiger partial charge in [-0.15, -0.1) is 0 Å². The zero-order valence-electron chi connectivity index (χ0n) is 6.16. The van der Waals surface area contributed by atoms with Crippen molar-refractivity contribution in [3.63, 3.8) is 0 Å². The molecule has 0 spiro atoms. The predicted octanol–water partition coefficient (Wildman–Crippen LogP) is 1.29. The van der Waals surface area contributed by atoms with Crippen LogP contribution in [0.15, 0.2) is 12.2 Å². The van der Waals surface area contributed by atoms with E-state index in [2.05, 4.69) is 15.9 Å². The largest absolute Gasteiger partial charge is 0.364 e. The zero-order valence-corrected chi connectivity index (χ0v) is 7.74. The fourth-order valence-corrected chi connectivity index (χ4v) is 2.23. The summed E-state index contributed by atoms with van der Waals surface area (Å²) in [6.07, 6.45) is 3.95. The van der Waals surface area contributed by atoms with Crippen molar-refractivity contribution in [1.29, 1.82) is 0 Å². The highest BCUT2D eigenvalue weighted by Gasteiger charge is 2.42. The lowest BCUT2D eigenvalue weighted by Crippen LogP contribution is -2.42. The van der Waals surface area contributed by atoms with E-state index in [1.165, 1.54) is 0 Å². The normalized spacial score (nSPS) is 48.4. The van der Waals surface area contributed by atoms with Crippen LogP contribution >= 0.6 is 15.9 Å². The van der Waals surface area contributed by atoms with E-state index in [9.17, 15) is 4.79 Å². The van der Waals surface area contributed by atoms with Gasteiger partial charge in [-0.05, 0) is 0 Å². The Kier molecular flexibility index (Phi) is 1.65. The Labute approximate surface area is 73.7 Å². The van der Waals surface area contributed by atoms with Crippen molar-refractivity contribution in [2.45, 2.75) is 24.0 Å². The van der Waals surface area contributed by atoms with Gasteiger partial charge in [0, 0.05) is 5.92 Å². The van der Waals surface area contributed by atoms with Crippen molar-refractivity contribution in [3.8, 4) is 0 Å². The van der Waals surface area contributed by atoms with Crippen LogP contribution in [0.3, 0.4) is 0 Å². The minimum Gasteiger partial charge on any atom is -0.364 e. The van der Waals surface area contributed by atoms with E-state index in [4.69, 9.17) is 4.74 Å². The summed E-state index contributed by atoms with van der Waals surface area (Å²) in [6.45, 7) is 1.91. The number of ether oxygens (including phenoxy) is 1. The van der Waals surface area contributed by atoms with Crippen molar-refractivity contribution in [2.75, 3.05) is 0 Å². The first kappa shape index (κ1) is 7.50. The van der Waals surface area contributed by atoms with Crippen LogP contribution in [0.25, 0.3) is 0 Å². The van der Waals surface area contributed by atoms with Crippen molar-refractivity contribution in [2.24, 2.45) is 5.92 Å². The zero-order chi connectivity index (χ0) is 8.01. The van der Waals surface area contributed by atoms with Crippen LogP contribution in [0, 0.1) is 5.92 Å². The molecule has 0 aromatic rings. The molecule has 1 saturated heterocycles. The summed E-state index contributed by atoms with van der Waals surface area (Å²) in [4.78, 5) is 11.3. The Hall–Kier alpha value is -0.150. The molecule has 0 aromatic carbocycles. The number of carbonyl (C=O) groups excluding carboxylic acids is 1. The molecule has 0 unspecified atom stereocenters. The van der Waals surface area contributed by atoms with Crippen LogP contribution in [0.2, 0.25) is 0 Å².